The molecule has 22 heavy (non-hydrogen) atoms. The standard InChI is InChI=1S/C17H28F2O2S/c1-3-17(19,22)16(2,18)13-9-12-8-11(13)10-14(12)21-15-6-4-5-7-20-15/h11-15,22H,3-10H2,1-2H3. The third-order valence-electron chi connectivity index (χ3n) is 6.17. The Bertz CT molecular complexity index is 396. The van der Waals surface area contributed by atoms with Crippen molar-refractivity contribution >= 4 is 12.6 Å². The Kier molecular flexibility index (Phi) is 4.79. The van der Waals surface area contributed by atoms with Crippen molar-refractivity contribution in [2.24, 2.45) is 17.8 Å². The monoisotopic (exact) mass is 334 g/mol. The van der Waals surface area contributed by atoms with Crippen LogP contribution in [0.25, 0.3) is 0 Å². The van der Waals surface area contributed by atoms with Gasteiger partial charge in [-0.3, -0.25) is 0 Å². The van der Waals surface area contributed by atoms with Gasteiger partial charge < -0.3 is 9.47 Å². The van der Waals surface area contributed by atoms with Gasteiger partial charge in [0.1, 0.15) is 0 Å². The number of hydrogen-bond donors (Lipinski definition) is 1. The van der Waals surface area contributed by atoms with E-state index >= 15 is 4.39 Å². The van der Waals surface area contributed by atoms with Crippen molar-refractivity contribution in [3.8, 4) is 0 Å². The molecule has 0 spiro atoms. The summed E-state index contributed by atoms with van der Waals surface area (Å²) in [5.74, 6) is 0.311. The second kappa shape index (κ2) is 6.21. The van der Waals surface area contributed by atoms with E-state index in [2.05, 4.69) is 12.6 Å². The molecular formula is C17H28F2O2S. The number of halogens is 2. The number of rotatable bonds is 5. The fraction of sp³-hybridized carbons (Fsp3) is 1.00. The van der Waals surface area contributed by atoms with Gasteiger partial charge in [-0.05, 0) is 63.7 Å². The number of ether oxygens (including phenoxy) is 2. The molecule has 2 aliphatic carbocycles. The van der Waals surface area contributed by atoms with Crippen molar-refractivity contribution in [3.05, 3.63) is 0 Å². The molecular weight excluding hydrogens is 306 g/mol. The molecule has 2 saturated carbocycles. The van der Waals surface area contributed by atoms with Crippen molar-refractivity contribution in [1.29, 1.82) is 0 Å². The lowest BCUT2D eigenvalue weighted by Crippen LogP contribution is -2.49. The molecule has 0 aromatic carbocycles. The maximum atomic E-state index is 15.1. The molecule has 1 aliphatic heterocycles. The van der Waals surface area contributed by atoms with Crippen molar-refractivity contribution in [2.75, 3.05) is 6.61 Å². The van der Waals surface area contributed by atoms with Crippen LogP contribution in [0.2, 0.25) is 0 Å². The first kappa shape index (κ1) is 17.0. The number of fused-ring (bicyclic) bond motifs is 2. The molecule has 5 heteroatoms. The molecule has 1 heterocycles. The van der Waals surface area contributed by atoms with E-state index < -0.39 is 10.7 Å². The van der Waals surface area contributed by atoms with Crippen LogP contribution in [-0.4, -0.2) is 29.7 Å². The van der Waals surface area contributed by atoms with Gasteiger partial charge in [-0.25, -0.2) is 8.78 Å². The molecule has 3 fully saturated rings. The minimum Gasteiger partial charge on any atom is -0.353 e. The smallest absolute Gasteiger partial charge is 0.187 e. The minimum absolute atomic E-state index is 0.0888. The lowest BCUT2D eigenvalue weighted by atomic mass is 9.74. The highest BCUT2D eigenvalue weighted by Gasteiger charge is 2.60. The summed E-state index contributed by atoms with van der Waals surface area (Å²) in [6, 6.07) is 0. The van der Waals surface area contributed by atoms with Crippen LogP contribution in [0.1, 0.15) is 58.8 Å². The molecule has 128 valence electrons. The van der Waals surface area contributed by atoms with Crippen molar-refractivity contribution in [1.82, 2.24) is 0 Å². The van der Waals surface area contributed by atoms with Gasteiger partial charge in [-0.15, -0.1) is 12.6 Å². The van der Waals surface area contributed by atoms with Crippen molar-refractivity contribution < 1.29 is 18.3 Å². The average Bonchev–Trinajstić information content (AvgIpc) is 3.08. The fourth-order valence-corrected chi connectivity index (χ4v) is 4.86. The van der Waals surface area contributed by atoms with Crippen LogP contribution in [0, 0.1) is 17.8 Å². The van der Waals surface area contributed by atoms with Gasteiger partial charge in [-0.1, -0.05) is 6.92 Å². The fourth-order valence-electron chi connectivity index (χ4n) is 4.70. The zero-order valence-corrected chi connectivity index (χ0v) is 14.5. The van der Waals surface area contributed by atoms with E-state index in [-0.39, 0.29) is 30.7 Å². The molecule has 1 saturated heterocycles. The Labute approximate surface area is 137 Å². The van der Waals surface area contributed by atoms with Gasteiger partial charge in [-0.2, -0.15) is 0 Å². The SMILES string of the molecule is CCC(F)(S)C(C)(F)C1CC2CC1CC2OC1CCCCO1. The van der Waals surface area contributed by atoms with Crippen LogP contribution >= 0.6 is 12.6 Å². The van der Waals surface area contributed by atoms with E-state index in [0.717, 1.165) is 38.7 Å². The van der Waals surface area contributed by atoms with Crippen molar-refractivity contribution in [2.45, 2.75) is 81.9 Å². The maximum absolute atomic E-state index is 15.1. The van der Waals surface area contributed by atoms with Crippen LogP contribution < -0.4 is 0 Å². The van der Waals surface area contributed by atoms with Crippen LogP contribution in [0.5, 0.6) is 0 Å². The third kappa shape index (κ3) is 2.93. The summed E-state index contributed by atoms with van der Waals surface area (Å²) < 4.78 is 41.3. The number of hydrogen-bond acceptors (Lipinski definition) is 3. The summed E-state index contributed by atoms with van der Waals surface area (Å²) in [7, 11) is 0. The Morgan fingerprint density at radius 3 is 2.50 bits per heavy atom. The zero-order valence-electron chi connectivity index (χ0n) is 13.6. The molecule has 2 bridgehead atoms. The molecule has 3 rings (SSSR count). The summed E-state index contributed by atoms with van der Waals surface area (Å²) >= 11 is 3.97. The molecule has 7 unspecified atom stereocenters. The Morgan fingerprint density at radius 1 is 1.18 bits per heavy atom. The summed E-state index contributed by atoms with van der Waals surface area (Å²) in [6.45, 7) is 3.83. The predicted octanol–water partition coefficient (Wildman–Crippen LogP) is 4.68. The first-order valence-electron chi connectivity index (χ1n) is 8.72. The van der Waals surface area contributed by atoms with Crippen LogP contribution in [-0.2, 0) is 9.47 Å². The average molecular weight is 334 g/mol. The highest BCUT2D eigenvalue weighted by Crippen LogP contribution is 2.58. The van der Waals surface area contributed by atoms with Crippen LogP contribution in [0.4, 0.5) is 8.78 Å². The van der Waals surface area contributed by atoms with Gasteiger partial charge in [0.05, 0.1) is 6.10 Å². The Balaban J connectivity index is 1.59. The van der Waals surface area contributed by atoms with E-state index in [1.54, 1.807) is 6.92 Å². The third-order valence-corrected chi connectivity index (χ3v) is 6.92. The van der Waals surface area contributed by atoms with E-state index in [0.29, 0.717) is 12.3 Å². The summed E-state index contributed by atoms with van der Waals surface area (Å²) in [5, 5.41) is -2.05. The largest absolute Gasteiger partial charge is 0.353 e. The molecule has 0 aromatic heterocycles. The van der Waals surface area contributed by atoms with E-state index in [4.69, 9.17) is 9.47 Å². The Hall–Kier alpha value is 0.130. The molecule has 3 aliphatic rings. The predicted molar refractivity (Wildman–Crippen MR) is 85.4 cm³/mol. The quantitative estimate of drug-likeness (QED) is 0.736. The highest BCUT2D eigenvalue weighted by atomic mass is 32.1. The molecule has 7 atom stereocenters. The maximum Gasteiger partial charge on any atom is 0.187 e. The van der Waals surface area contributed by atoms with E-state index in [1.165, 1.54) is 6.92 Å². The van der Waals surface area contributed by atoms with Crippen LogP contribution in [0.15, 0.2) is 0 Å². The first-order chi connectivity index (χ1) is 10.3. The summed E-state index contributed by atoms with van der Waals surface area (Å²) in [6.07, 6.45) is 5.88. The van der Waals surface area contributed by atoms with Crippen molar-refractivity contribution in [3.63, 3.8) is 0 Å². The number of thiol groups is 1. The Morgan fingerprint density at radius 2 is 1.95 bits per heavy atom. The normalized spacial score (nSPS) is 43.8. The van der Waals surface area contributed by atoms with Gasteiger partial charge in [0, 0.05) is 12.5 Å². The van der Waals surface area contributed by atoms with Gasteiger partial charge in [0.25, 0.3) is 0 Å². The van der Waals surface area contributed by atoms with E-state index in [9.17, 15) is 4.39 Å². The minimum atomic E-state index is -2.05. The highest BCUT2D eigenvalue weighted by molar-refractivity contribution is 7.81. The van der Waals surface area contributed by atoms with Gasteiger partial charge in [0.2, 0.25) is 0 Å². The second-order valence-corrected chi connectivity index (χ2v) is 8.20. The van der Waals surface area contributed by atoms with Gasteiger partial charge in [0.15, 0.2) is 17.0 Å². The zero-order chi connectivity index (χ0) is 16.0. The summed E-state index contributed by atoms with van der Waals surface area (Å²) in [4.78, 5) is 0. The van der Waals surface area contributed by atoms with Crippen LogP contribution in [0.3, 0.4) is 0 Å². The van der Waals surface area contributed by atoms with E-state index in [1.807, 2.05) is 0 Å². The molecule has 0 aromatic rings. The lowest BCUT2D eigenvalue weighted by molar-refractivity contribution is -0.200. The summed E-state index contributed by atoms with van der Waals surface area (Å²) in [5.41, 5.74) is -1.88. The molecule has 0 N–H and O–H groups in total. The lowest BCUT2D eigenvalue weighted by Gasteiger charge is -2.42. The number of alkyl halides is 2. The first-order valence-corrected chi connectivity index (χ1v) is 9.17. The van der Waals surface area contributed by atoms with Gasteiger partial charge >= 0.3 is 0 Å². The molecule has 0 amide bonds. The second-order valence-electron chi connectivity index (χ2n) is 7.49. The molecule has 2 nitrogen and oxygen atoms in total. The molecule has 0 radical (unpaired) electrons. The topological polar surface area (TPSA) is 18.5 Å².